The highest BCUT2D eigenvalue weighted by molar-refractivity contribution is 5.82. The third kappa shape index (κ3) is 6.01. The molecule has 160 valence electrons. The maximum absolute atomic E-state index is 12.3. The number of nitrogens with one attached hydrogen (secondary N) is 1. The van der Waals surface area contributed by atoms with Crippen LogP contribution in [0.1, 0.15) is 40.5 Å². The van der Waals surface area contributed by atoms with E-state index in [1.165, 1.54) is 7.11 Å². The Balaban J connectivity index is 1.86. The third-order valence-electron chi connectivity index (χ3n) is 5.35. The second-order valence-corrected chi connectivity index (χ2v) is 8.87. The molecular weight excluding hydrogens is 360 g/mol. The highest BCUT2D eigenvalue weighted by atomic mass is 16.6. The highest BCUT2D eigenvalue weighted by Crippen LogP contribution is 2.24. The van der Waals surface area contributed by atoms with Gasteiger partial charge in [0, 0.05) is 39.8 Å². The smallest absolute Gasteiger partial charge is 0.410 e. The topological polar surface area (TPSA) is 83.5 Å². The van der Waals surface area contributed by atoms with Crippen LogP contribution in [0.15, 0.2) is 4.99 Å². The molecule has 0 bridgehead atoms. The van der Waals surface area contributed by atoms with Gasteiger partial charge in [0.2, 0.25) is 0 Å². The van der Waals surface area contributed by atoms with Gasteiger partial charge in [-0.2, -0.15) is 0 Å². The molecule has 3 unspecified atom stereocenters. The molecule has 2 heterocycles. The highest BCUT2D eigenvalue weighted by Gasteiger charge is 2.37. The number of piperidine rings is 1. The zero-order valence-corrected chi connectivity index (χ0v) is 18.2. The van der Waals surface area contributed by atoms with Gasteiger partial charge in [0.15, 0.2) is 5.96 Å². The molecule has 2 aliphatic rings. The predicted molar refractivity (Wildman–Crippen MR) is 108 cm³/mol. The Morgan fingerprint density at radius 3 is 2.50 bits per heavy atom. The molecule has 8 heteroatoms. The quantitative estimate of drug-likeness (QED) is 0.446. The van der Waals surface area contributed by atoms with Crippen molar-refractivity contribution in [3.63, 3.8) is 0 Å². The first-order valence-corrected chi connectivity index (χ1v) is 10.2. The van der Waals surface area contributed by atoms with Crippen molar-refractivity contribution in [3.05, 3.63) is 0 Å². The third-order valence-corrected chi connectivity index (χ3v) is 5.35. The Morgan fingerprint density at radius 2 is 1.89 bits per heavy atom. The Hall–Kier alpha value is -1.99. The SMILES string of the molecule is CN=C(NCC1CCCN(C(=O)OC(C)(C)C)C1)N1CC(C)C(C(=O)OC)C1. The normalized spacial score (nSPS) is 26.2. The second kappa shape index (κ2) is 9.47. The molecule has 2 aliphatic heterocycles. The molecule has 2 rings (SSSR count). The lowest BCUT2D eigenvalue weighted by Crippen LogP contribution is -2.47. The summed E-state index contributed by atoms with van der Waals surface area (Å²) in [5.74, 6) is 1.08. The van der Waals surface area contributed by atoms with E-state index in [9.17, 15) is 9.59 Å². The number of hydrogen-bond acceptors (Lipinski definition) is 5. The summed E-state index contributed by atoms with van der Waals surface area (Å²) in [6, 6.07) is 0. The number of aliphatic imine (C=N–C) groups is 1. The number of ether oxygens (including phenoxy) is 2. The molecule has 0 spiro atoms. The average molecular weight is 397 g/mol. The summed E-state index contributed by atoms with van der Waals surface area (Å²) >= 11 is 0. The molecule has 0 aromatic heterocycles. The minimum absolute atomic E-state index is 0.124. The average Bonchev–Trinajstić information content (AvgIpc) is 3.02. The number of carbonyl (C=O) groups is 2. The fraction of sp³-hybridized carbons (Fsp3) is 0.850. The van der Waals surface area contributed by atoms with Gasteiger partial charge in [0.1, 0.15) is 5.60 Å². The zero-order chi connectivity index (χ0) is 20.9. The number of nitrogens with zero attached hydrogens (tertiary/aromatic N) is 3. The molecule has 0 radical (unpaired) electrons. The van der Waals surface area contributed by atoms with E-state index in [0.717, 1.165) is 38.4 Å². The molecule has 2 fully saturated rings. The van der Waals surface area contributed by atoms with Crippen molar-refractivity contribution in [2.45, 2.75) is 46.1 Å². The number of rotatable bonds is 3. The molecule has 8 nitrogen and oxygen atoms in total. The lowest BCUT2D eigenvalue weighted by Gasteiger charge is -2.34. The fourth-order valence-corrected chi connectivity index (χ4v) is 3.89. The van der Waals surface area contributed by atoms with Crippen LogP contribution in [0.25, 0.3) is 0 Å². The van der Waals surface area contributed by atoms with Gasteiger partial charge >= 0.3 is 12.1 Å². The number of esters is 1. The first-order valence-electron chi connectivity index (χ1n) is 10.2. The largest absolute Gasteiger partial charge is 0.469 e. The van der Waals surface area contributed by atoms with Crippen LogP contribution in [0.5, 0.6) is 0 Å². The van der Waals surface area contributed by atoms with Crippen molar-refractivity contribution in [2.24, 2.45) is 22.7 Å². The van der Waals surface area contributed by atoms with Crippen LogP contribution >= 0.6 is 0 Å². The molecule has 0 saturated carbocycles. The Labute approximate surface area is 168 Å². The number of likely N-dealkylation sites (tertiary alicyclic amines) is 2. The lowest BCUT2D eigenvalue weighted by atomic mass is 9.98. The van der Waals surface area contributed by atoms with Crippen LogP contribution < -0.4 is 5.32 Å². The minimum atomic E-state index is -0.479. The van der Waals surface area contributed by atoms with E-state index in [1.54, 1.807) is 11.9 Å². The van der Waals surface area contributed by atoms with Gasteiger partial charge in [-0.25, -0.2) is 4.79 Å². The van der Waals surface area contributed by atoms with Crippen molar-refractivity contribution in [1.29, 1.82) is 0 Å². The van der Waals surface area contributed by atoms with Crippen molar-refractivity contribution >= 4 is 18.0 Å². The van der Waals surface area contributed by atoms with Gasteiger partial charge in [0.05, 0.1) is 13.0 Å². The fourth-order valence-electron chi connectivity index (χ4n) is 3.89. The zero-order valence-electron chi connectivity index (χ0n) is 18.2. The van der Waals surface area contributed by atoms with Crippen molar-refractivity contribution in [3.8, 4) is 0 Å². The van der Waals surface area contributed by atoms with Gasteiger partial charge in [-0.05, 0) is 45.4 Å². The van der Waals surface area contributed by atoms with E-state index in [0.29, 0.717) is 19.0 Å². The number of guanidine groups is 1. The molecule has 0 aliphatic carbocycles. The summed E-state index contributed by atoms with van der Waals surface area (Å²) in [5.41, 5.74) is -0.479. The molecule has 28 heavy (non-hydrogen) atoms. The van der Waals surface area contributed by atoms with Crippen LogP contribution in [0.4, 0.5) is 4.79 Å². The number of methoxy groups -OCH3 is 1. The van der Waals surface area contributed by atoms with Crippen LogP contribution in [0, 0.1) is 17.8 Å². The standard InChI is InChI=1S/C20H36N4O4/c1-14-11-24(13-16(14)17(25)27-6)18(21-5)22-10-15-8-7-9-23(12-15)19(26)28-20(2,3)4/h14-16H,7-13H2,1-6H3,(H,21,22). The predicted octanol–water partition coefficient (Wildman–Crippen LogP) is 1.95. The van der Waals surface area contributed by atoms with E-state index < -0.39 is 5.60 Å². The summed E-state index contributed by atoms with van der Waals surface area (Å²) < 4.78 is 10.4. The monoisotopic (exact) mass is 396 g/mol. The Morgan fingerprint density at radius 1 is 1.18 bits per heavy atom. The van der Waals surface area contributed by atoms with E-state index in [4.69, 9.17) is 9.47 Å². The van der Waals surface area contributed by atoms with Gasteiger partial charge in [-0.15, -0.1) is 0 Å². The van der Waals surface area contributed by atoms with Gasteiger partial charge < -0.3 is 24.6 Å². The molecule has 0 aromatic rings. The summed E-state index contributed by atoms with van der Waals surface area (Å²) in [7, 11) is 3.19. The van der Waals surface area contributed by atoms with Gasteiger partial charge in [-0.1, -0.05) is 6.92 Å². The van der Waals surface area contributed by atoms with E-state index >= 15 is 0 Å². The Kier molecular flexibility index (Phi) is 7.55. The second-order valence-electron chi connectivity index (χ2n) is 8.87. The number of hydrogen-bond donors (Lipinski definition) is 1. The summed E-state index contributed by atoms with van der Waals surface area (Å²) in [5, 5.41) is 3.43. The van der Waals surface area contributed by atoms with Gasteiger partial charge in [-0.3, -0.25) is 9.79 Å². The lowest BCUT2D eigenvalue weighted by molar-refractivity contribution is -0.145. The van der Waals surface area contributed by atoms with Crippen molar-refractivity contribution < 1.29 is 19.1 Å². The van der Waals surface area contributed by atoms with Crippen LogP contribution in [-0.2, 0) is 14.3 Å². The molecular formula is C20H36N4O4. The van der Waals surface area contributed by atoms with Crippen molar-refractivity contribution in [1.82, 2.24) is 15.1 Å². The first kappa shape index (κ1) is 22.3. The summed E-state index contributed by atoms with van der Waals surface area (Å²) in [6.45, 7) is 11.3. The number of amides is 1. The van der Waals surface area contributed by atoms with E-state index in [-0.39, 0.29) is 23.9 Å². The molecule has 1 amide bonds. The Bertz CT molecular complexity index is 587. The van der Waals surface area contributed by atoms with Crippen LogP contribution in [0.3, 0.4) is 0 Å². The van der Waals surface area contributed by atoms with Crippen LogP contribution in [-0.4, -0.2) is 80.3 Å². The van der Waals surface area contributed by atoms with Gasteiger partial charge in [0.25, 0.3) is 0 Å². The van der Waals surface area contributed by atoms with Crippen LogP contribution in [0.2, 0.25) is 0 Å². The number of carbonyl (C=O) groups excluding carboxylic acids is 2. The maximum Gasteiger partial charge on any atom is 0.410 e. The van der Waals surface area contributed by atoms with Crippen molar-refractivity contribution in [2.75, 3.05) is 46.9 Å². The first-order chi connectivity index (χ1) is 13.1. The van der Waals surface area contributed by atoms with E-state index in [1.807, 2.05) is 20.8 Å². The molecule has 1 N–H and O–H groups in total. The minimum Gasteiger partial charge on any atom is -0.469 e. The summed E-state index contributed by atoms with van der Waals surface area (Å²) in [4.78, 5) is 32.6. The van der Waals surface area contributed by atoms with E-state index in [2.05, 4.69) is 22.1 Å². The molecule has 2 saturated heterocycles. The molecule has 3 atom stereocenters. The summed E-state index contributed by atoms with van der Waals surface area (Å²) in [6.07, 6.45) is 1.79. The molecule has 0 aromatic carbocycles. The maximum atomic E-state index is 12.3.